The topological polar surface area (TPSA) is 31.5 Å². The molecule has 0 heterocycles. The van der Waals surface area contributed by atoms with Gasteiger partial charge < -0.3 is 5.48 Å². The Kier molecular flexibility index (Phi) is 20.6. The molecule has 2 N–H and O–H groups in total. The van der Waals surface area contributed by atoms with E-state index < -0.39 is 19.7 Å². The molecule has 0 atom stereocenters. The van der Waals surface area contributed by atoms with Crippen LogP contribution in [0.25, 0.3) is 0 Å². The van der Waals surface area contributed by atoms with Gasteiger partial charge in [-0.2, -0.15) is 0 Å². The van der Waals surface area contributed by atoms with Crippen LogP contribution < -0.4 is 0 Å². The van der Waals surface area contributed by atoms with Gasteiger partial charge in [0.1, 0.15) is 0 Å². The summed E-state index contributed by atoms with van der Waals surface area (Å²) in [5.74, 6) is 0. The van der Waals surface area contributed by atoms with Gasteiger partial charge in [0.2, 0.25) is 0 Å². The Morgan fingerprint density at radius 2 is 1.25 bits per heavy atom. The summed E-state index contributed by atoms with van der Waals surface area (Å²) in [5.41, 5.74) is 0. The van der Waals surface area contributed by atoms with Crippen LogP contribution in [0.3, 0.4) is 0 Å². The first-order valence-electron chi connectivity index (χ1n) is 0.535. The minimum absolute atomic E-state index is 0. The quantitative estimate of drug-likeness (QED) is 0.560. The van der Waals surface area contributed by atoms with Gasteiger partial charge in [-0.3, -0.25) is 0 Å². The van der Waals surface area contributed by atoms with E-state index in [1.165, 1.54) is 0 Å². The van der Waals surface area contributed by atoms with Crippen LogP contribution in [-0.4, -0.2) is 5.48 Å². The third kappa shape index (κ3) is 9.13. The maximum atomic E-state index is 3.28. The number of hydrogen-bond acceptors (Lipinski definition) is 0. The summed E-state index contributed by atoms with van der Waals surface area (Å²) in [5, 5.41) is 0. The normalized spacial score (nSPS) is 2.50. The Morgan fingerprint density at radius 1 is 1.25 bits per heavy atom. The molecule has 0 aromatic carbocycles. The molecule has 4 heteroatoms. The van der Waals surface area contributed by atoms with Crippen molar-refractivity contribution in [2.45, 2.75) is 0 Å². The number of hydrogen-bond donors (Lipinski definition) is 0. The molecule has 0 aliphatic rings. The van der Waals surface area contributed by atoms with Crippen LogP contribution >= 0.6 is 23.8 Å². The van der Waals surface area contributed by atoms with Gasteiger partial charge in [0.25, 0.3) is 0 Å². The zero-order valence-electron chi connectivity index (χ0n) is 1.96. The van der Waals surface area contributed by atoms with Gasteiger partial charge in [-0.25, -0.2) is 0 Å². The predicted octanol–water partition coefficient (Wildman–Crippen LogP) is 0.864. The molecule has 0 amide bonds. The summed E-state index contributed by atoms with van der Waals surface area (Å²) in [7, 11) is 0. The fraction of sp³-hybridized carbons (Fsp3) is 0. The average molecular weight is 378 g/mol. The Balaban J connectivity index is 0. The first-order chi connectivity index (χ1) is 1.41. The molecule has 0 radical (unpaired) electrons. The van der Waals surface area contributed by atoms with Crippen molar-refractivity contribution in [3.8, 4) is 0 Å². The zero-order chi connectivity index (χ0) is 2.71. The van der Waals surface area contributed by atoms with Gasteiger partial charge in [0.15, 0.2) is 0 Å². The maximum absolute atomic E-state index is 3.28. The molecule has 1 nitrogen and oxygen atoms in total. The molecule has 0 saturated heterocycles. The summed E-state index contributed by atoms with van der Waals surface area (Å²) >= 11 is 6.11. The molecular formula is H2Br2HgO. The molecule has 0 bridgehead atoms. The van der Waals surface area contributed by atoms with E-state index in [2.05, 4.69) is 23.8 Å². The molecule has 0 fully saturated rings. The van der Waals surface area contributed by atoms with Crippen molar-refractivity contribution in [3.63, 3.8) is 0 Å². The summed E-state index contributed by atoms with van der Waals surface area (Å²) < 4.78 is 0. The fourth-order valence-electron chi connectivity index (χ4n) is 0. The average Bonchev–Trinajstić information content (AvgIpc) is 0.918. The Hall–Kier alpha value is 1.86. The number of rotatable bonds is 0. The summed E-state index contributed by atoms with van der Waals surface area (Å²) in [6, 6.07) is 0. The molecule has 0 aliphatic carbocycles. The monoisotopic (exact) mass is 378 g/mol. The van der Waals surface area contributed by atoms with E-state index >= 15 is 0 Å². The second-order valence-corrected chi connectivity index (χ2v) is 23.9. The van der Waals surface area contributed by atoms with Crippen LogP contribution in [0.4, 0.5) is 0 Å². The van der Waals surface area contributed by atoms with E-state index in [4.69, 9.17) is 0 Å². The Morgan fingerprint density at radius 3 is 1.25 bits per heavy atom. The van der Waals surface area contributed by atoms with Crippen molar-refractivity contribution in [2.75, 3.05) is 0 Å². The second kappa shape index (κ2) is 8.85. The molecule has 0 spiro atoms. The third-order valence-electron chi connectivity index (χ3n) is 0. The first kappa shape index (κ1) is 9.29. The van der Waals surface area contributed by atoms with Crippen LogP contribution in [0, 0.1) is 0 Å². The molecule has 0 aromatic rings. The minimum atomic E-state index is -0.458. The zero-order valence-corrected chi connectivity index (χ0v) is 10.6. The molecular weight excluding hydrogens is 376 g/mol. The van der Waals surface area contributed by atoms with Gasteiger partial charge in [-0.05, 0) is 0 Å². The van der Waals surface area contributed by atoms with E-state index in [9.17, 15) is 0 Å². The standard InChI is InChI=1S/2BrH.Hg.H2O/h2*1H;;1H2/q;;+2;/p-2. The van der Waals surface area contributed by atoms with E-state index in [0.29, 0.717) is 0 Å². The van der Waals surface area contributed by atoms with Gasteiger partial charge in [0, 0.05) is 0 Å². The fourth-order valence-corrected chi connectivity index (χ4v) is 0. The Labute approximate surface area is 48.4 Å². The van der Waals surface area contributed by atoms with E-state index in [1.54, 1.807) is 0 Å². The SMILES string of the molecule is O.[Br][Hg][Br]. The van der Waals surface area contributed by atoms with Crippen molar-refractivity contribution in [1.82, 2.24) is 0 Å². The summed E-state index contributed by atoms with van der Waals surface area (Å²) in [6.07, 6.45) is 0. The van der Waals surface area contributed by atoms with Crippen molar-refractivity contribution in [1.29, 1.82) is 0 Å². The molecule has 0 aliphatic heterocycles. The molecule has 0 saturated carbocycles. The van der Waals surface area contributed by atoms with Crippen LogP contribution in [0.15, 0.2) is 0 Å². The van der Waals surface area contributed by atoms with E-state index in [1.807, 2.05) is 0 Å². The van der Waals surface area contributed by atoms with Gasteiger partial charge in [0.05, 0.1) is 0 Å². The number of halogens is 2. The van der Waals surface area contributed by atoms with Crippen LogP contribution in [0.1, 0.15) is 0 Å². The second-order valence-electron chi connectivity index (χ2n) is 0.101. The summed E-state index contributed by atoms with van der Waals surface area (Å²) in [4.78, 5) is 0. The van der Waals surface area contributed by atoms with Crippen LogP contribution in [0.2, 0.25) is 0 Å². The van der Waals surface area contributed by atoms with Crippen molar-refractivity contribution >= 4 is 23.8 Å². The van der Waals surface area contributed by atoms with Crippen LogP contribution in [0.5, 0.6) is 0 Å². The summed E-state index contributed by atoms with van der Waals surface area (Å²) in [6.45, 7) is 0. The van der Waals surface area contributed by atoms with E-state index in [0.717, 1.165) is 0 Å². The molecule has 0 rings (SSSR count). The van der Waals surface area contributed by atoms with Crippen molar-refractivity contribution < 1.29 is 25.2 Å². The third-order valence-corrected chi connectivity index (χ3v) is 0. The van der Waals surface area contributed by atoms with E-state index in [-0.39, 0.29) is 5.48 Å². The van der Waals surface area contributed by atoms with Crippen molar-refractivity contribution in [2.24, 2.45) is 0 Å². The first-order valence-corrected chi connectivity index (χ1v) is 24.4. The molecule has 0 aromatic heterocycles. The molecule has 0 unspecified atom stereocenters. The van der Waals surface area contributed by atoms with Crippen LogP contribution in [-0.2, 0) is 19.7 Å². The van der Waals surface area contributed by atoms with Gasteiger partial charge in [-0.1, -0.05) is 0 Å². The Bertz CT molecular complexity index is 6.00. The van der Waals surface area contributed by atoms with Crippen molar-refractivity contribution in [3.05, 3.63) is 0 Å². The molecule has 4 heavy (non-hydrogen) atoms. The van der Waals surface area contributed by atoms with Gasteiger partial charge >= 0.3 is 43.5 Å². The predicted molar refractivity (Wildman–Crippen MR) is 21.5 cm³/mol. The van der Waals surface area contributed by atoms with Gasteiger partial charge in [-0.15, -0.1) is 0 Å². The molecule has 24 valence electrons.